The van der Waals surface area contributed by atoms with Gasteiger partial charge in [0.25, 0.3) is 5.91 Å². The first kappa shape index (κ1) is 53.0. The Hall–Kier alpha value is -5.94. The van der Waals surface area contributed by atoms with Crippen LogP contribution in [0.2, 0.25) is 0 Å². The Balaban J connectivity index is 1.08. The first-order valence-electron chi connectivity index (χ1n) is 22.3. The van der Waals surface area contributed by atoms with Gasteiger partial charge >= 0.3 is 6.18 Å². The molecule has 5 rings (SSSR count). The largest absolute Gasteiger partial charge is 0.417 e. The van der Waals surface area contributed by atoms with Crippen LogP contribution in [0.4, 0.5) is 30.2 Å². The van der Waals surface area contributed by atoms with Crippen molar-refractivity contribution in [2.75, 3.05) is 41.4 Å². The van der Waals surface area contributed by atoms with E-state index in [-0.39, 0.29) is 30.4 Å². The highest BCUT2D eigenvalue weighted by Crippen LogP contribution is 2.40. The summed E-state index contributed by atoms with van der Waals surface area (Å²) in [6.07, 6.45) is 0.0969. The number of halogens is 3. The number of rotatable bonds is 19. The number of nitrogens with one attached hydrogen (secondary N) is 4. The van der Waals surface area contributed by atoms with Crippen molar-refractivity contribution in [1.82, 2.24) is 20.9 Å². The Kier molecular flexibility index (Phi) is 17.2. The summed E-state index contributed by atoms with van der Waals surface area (Å²) in [6.45, 7) is 13.0. The summed E-state index contributed by atoms with van der Waals surface area (Å²) in [7, 11) is 0. The number of aliphatic hydroxyl groups is 1. The van der Waals surface area contributed by atoms with Gasteiger partial charge in [-0.05, 0) is 117 Å². The molecule has 2 saturated heterocycles. The number of alkyl halides is 3. The number of nitriles is 1. The number of carbonyl (C=O) groups excluding carboxylic acids is 4. The molecule has 4 amide bonds. The summed E-state index contributed by atoms with van der Waals surface area (Å²) in [5.41, 5.74) is -0.168. The molecule has 0 radical (unpaired) electrons. The van der Waals surface area contributed by atoms with Gasteiger partial charge in [0, 0.05) is 37.5 Å². The van der Waals surface area contributed by atoms with Crippen molar-refractivity contribution in [3.63, 3.8) is 0 Å². The number of ether oxygens (including phenoxy) is 1. The number of anilines is 3. The van der Waals surface area contributed by atoms with Crippen molar-refractivity contribution in [3.05, 3.63) is 90.0 Å². The van der Waals surface area contributed by atoms with Crippen molar-refractivity contribution >= 4 is 75.7 Å². The summed E-state index contributed by atoms with van der Waals surface area (Å²) in [5, 5.41) is 31.8. The van der Waals surface area contributed by atoms with Crippen molar-refractivity contribution in [3.8, 4) is 17.2 Å². The zero-order valence-electron chi connectivity index (χ0n) is 39.2. The molecule has 2 fully saturated rings. The summed E-state index contributed by atoms with van der Waals surface area (Å²) in [5.74, 6) is -1.94. The van der Waals surface area contributed by atoms with Gasteiger partial charge in [-0.15, -0.1) is 0 Å². The Bertz CT molecular complexity index is 2420. The third kappa shape index (κ3) is 12.6. The molecular weight excluding hydrogens is 918 g/mol. The van der Waals surface area contributed by atoms with Crippen LogP contribution in [0.1, 0.15) is 85.3 Å². The predicted octanol–water partition coefficient (Wildman–Crippen LogP) is 7.21. The van der Waals surface area contributed by atoms with E-state index in [1.807, 2.05) is 70.2 Å². The van der Waals surface area contributed by atoms with E-state index in [1.54, 1.807) is 49.9 Å². The zero-order chi connectivity index (χ0) is 50.2. The average molecular weight is 977 g/mol. The lowest BCUT2D eigenvalue weighted by Crippen LogP contribution is -2.61. The van der Waals surface area contributed by atoms with Gasteiger partial charge in [-0.2, -0.15) is 18.4 Å². The SMILES string of the molecule is CC/C=C\C(C)(NC=S)NC(=O)[C@@H]1C[C@@H](O)CN1C(=O)[C@@H](NC(=O)COCCCCNc1ccc(-c2ccc(N3C(=S)N(c4ccc(C#N)c(C(F)(F)F)c4)C(=O)C3(C)C)cc2)cc1)C(C)(C)C. The smallest absolute Gasteiger partial charge is 0.391 e. The van der Waals surface area contributed by atoms with Crippen molar-refractivity contribution < 1.29 is 42.2 Å². The Morgan fingerprint density at radius 2 is 1.63 bits per heavy atom. The molecule has 1 unspecified atom stereocenters. The van der Waals surface area contributed by atoms with Crippen LogP contribution in [-0.2, 0) is 30.1 Å². The van der Waals surface area contributed by atoms with Crippen molar-refractivity contribution in [2.24, 2.45) is 5.41 Å². The minimum absolute atomic E-state index is 0.00978. The van der Waals surface area contributed by atoms with E-state index in [2.05, 4.69) is 21.3 Å². The number of thiocarbonyl (C=S) groups is 2. The second-order valence-corrected chi connectivity index (χ2v) is 19.1. The fourth-order valence-corrected chi connectivity index (χ4v) is 8.80. The monoisotopic (exact) mass is 976 g/mol. The maximum absolute atomic E-state index is 14.0. The van der Waals surface area contributed by atoms with E-state index in [9.17, 15) is 42.7 Å². The third-order valence-electron chi connectivity index (χ3n) is 11.7. The molecule has 19 heteroatoms. The first-order chi connectivity index (χ1) is 31.9. The number of hydrogen-bond donors (Lipinski definition) is 5. The van der Waals surface area contributed by atoms with Crippen LogP contribution in [0.3, 0.4) is 0 Å². The topological polar surface area (TPSA) is 179 Å². The number of β-amino-alcohol motifs (C(OH)–C–C–N with tert-alkyl or cyclic N) is 1. The number of aliphatic hydroxyl groups excluding tert-OH is 1. The first-order valence-corrected chi connectivity index (χ1v) is 23.1. The molecule has 14 nitrogen and oxygen atoms in total. The molecule has 5 N–H and O–H groups in total. The minimum Gasteiger partial charge on any atom is -0.391 e. The van der Waals surface area contributed by atoms with Gasteiger partial charge in [0.15, 0.2) is 5.11 Å². The van der Waals surface area contributed by atoms with Gasteiger partial charge in [-0.3, -0.25) is 24.1 Å². The van der Waals surface area contributed by atoms with E-state index < -0.39 is 75.7 Å². The molecule has 0 aliphatic carbocycles. The molecule has 2 aliphatic heterocycles. The number of allylic oxidation sites excluding steroid dienone is 1. The van der Waals surface area contributed by atoms with Crippen molar-refractivity contribution in [1.29, 1.82) is 5.26 Å². The van der Waals surface area contributed by atoms with Crippen molar-refractivity contribution in [2.45, 2.75) is 110 Å². The van der Waals surface area contributed by atoms with Crippen LogP contribution < -0.4 is 31.1 Å². The number of nitrogens with zero attached hydrogens (tertiary/aromatic N) is 4. The zero-order valence-corrected chi connectivity index (χ0v) is 40.8. The van der Waals surface area contributed by atoms with Gasteiger partial charge in [0.2, 0.25) is 17.7 Å². The van der Waals surface area contributed by atoms with Gasteiger partial charge in [-0.25, -0.2) is 0 Å². The van der Waals surface area contributed by atoms with E-state index in [4.69, 9.17) is 29.2 Å². The lowest BCUT2D eigenvalue weighted by atomic mass is 9.85. The molecule has 4 atom stereocenters. The standard InChI is InChI=1S/C49H59F3N8O6S2/c1-8-9-22-48(7,55-30-67)57-42(63)39-26-37(61)28-58(39)43(64)41(46(2,3)4)56-40(62)29-66-24-11-10-23-54-34-17-12-31(13-18-34)32-14-19-35(20-15-32)60-45(68)59(44(65)47(60,5)6)36-21-16-33(27-53)38(25-36)49(50,51)52/h9,12-22,25,30,37,39,41,54,61H,8,10-11,23-24,26,28-29H2,1-7H3,(H,55,67)(H,56,62)(H,57,63)/b22-9-/t37-,39+,41-,48?/m1/s1. The summed E-state index contributed by atoms with van der Waals surface area (Å²) >= 11 is 10.6. The highest BCUT2D eigenvalue weighted by atomic mass is 32.1. The number of carbonyl (C=O) groups is 4. The number of hydrogen-bond acceptors (Lipinski definition) is 10. The molecule has 2 heterocycles. The molecular formula is C49H59F3N8O6S2. The summed E-state index contributed by atoms with van der Waals surface area (Å²) < 4.78 is 46.9. The van der Waals surface area contributed by atoms with E-state index in [0.29, 0.717) is 25.3 Å². The number of benzene rings is 3. The van der Waals surface area contributed by atoms with Crippen LogP contribution in [0, 0.1) is 16.7 Å². The van der Waals surface area contributed by atoms with Gasteiger partial charge < -0.3 is 40.9 Å². The quantitative estimate of drug-likeness (QED) is 0.0354. The fraction of sp³-hybridized carbons (Fsp3) is 0.449. The molecule has 68 heavy (non-hydrogen) atoms. The highest BCUT2D eigenvalue weighted by Gasteiger charge is 2.51. The Morgan fingerprint density at radius 1 is 1.00 bits per heavy atom. The van der Waals surface area contributed by atoms with Crippen LogP contribution in [0.15, 0.2) is 78.9 Å². The van der Waals surface area contributed by atoms with Crippen LogP contribution >= 0.6 is 24.4 Å². The Morgan fingerprint density at radius 3 is 2.22 bits per heavy atom. The molecule has 364 valence electrons. The molecule has 0 aromatic heterocycles. The molecule has 0 saturated carbocycles. The number of amides is 4. The number of unbranched alkanes of at least 4 members (excludes halogenated alkanes) is 1. The molecule has 0 bridgehead atoms. The van der Waals surface area contributed by atoms with E-state index >= 15 is 0 Å². The van der Waals surface area contributed by atoms with Crippen LogP contribution in [0.25, 0.3) is 11.1 Å². The predicted molar refractivity (Wildman–Crippen MR) is 264 cm³/mol. The van der Waals surface area contributed by atoms with Crippen LogP contribution in [0.5, 0.6) is 0 Å². The molecule has 3 aromatic carbocycles. The number of likely N-dealkylation sites (tertiary alicyclic amines) is 1. The van der Waals surface area contributed by atoms with Gasteiger partial charge in [0.1, 0.15) is 29.9 Å². The third-order valence-corrected chi connectivity index (χ3v) is 12.2. The highest BCUT2D eigenvalue weighted by molar-refractivity contribution is 7.81. The second kappa shape index (κ2) is 22.0. The van der Waals surface area contributed by atoms with E-state index in [0.717, 1.165) is 46.7 Å². The van der Waals surface area contributed by atoms with Crippen LogP contribution in [-0.4, -0.2) is 99.9 Å². The maximum Gasteiger partial charge on any atom is 0.417 e. The van der Waals surface area contributed by atoms with Gasteiger partial charge in [0.05, 0.1) is 34.5 Å². The lowest BCUT2D eigenvalue weighted by molar-refractivity contribution is -0.145. The second-order valence-electron chi connectivity index (χ2n) is 18.5. The normalized spacial score (nSPS) is 18.5. The average Bonchev–Trinajstić information content (AvgIpc) is 3.76. The van der Waals surface area contributed by atoms with E-state index in [1.165, 1.54) is 16.5 Å². The summed E-state index contributed by atoms with van der Waals surface area (Å²) in [4.78, 5) is 58.2. The molecule has 3 aromatic rings. The molecule has 0 spiro atoms. The maximum atomic E-state index is 14.0. The fourth-order valence-electron chi connectivity index (χ4n) is 8.03. The van der Waals surface area contributed by atoms with Gasteiger partial charge in [-0.1, -0.05) is 70.3 Å². The Labute approximate surface area is 406 Å². The minimum atomic E-state index is -4.80. The lowest BCUT2D eigenvalue weighted by Gasteiger charge is -2.36. The molecule has 2 aliphatic rings. The summed E-state index contributed by atoms with van der Waals surface area (Å²) in [6, 6.07) is 17.8.